The van der Waals surface area contributed by atoms with E-state index in [2.05, 4.69) is 18.8 Å². The normalized spacial score (nSPS) is 11.7. The predicted octanol–water partition coefficient (Wildman–Crippen LogP) is 3.62. The number of carboxylic acids is 1. The van der Waals surface area contributed by atoms with Gasteiger partial charge in [-0.15, -0.1) is 11.8 Å². The van der Waals surface area contributed by atoms with Crippen molar-refractivity contribution in [2.75, 3.05) is 6.61 Å². The molecule has 0 fully saturated rings. The maximum absolute atomic E-state index is 10.9. The Labute approximate surface area is 111 Å². The average Bonchev–Trinajstić information content (AvgIpc) is 2.35. The van der Waals surface area contributed by atoms with Crippen LogP contribution < -0.4 is 0 Å². The fraction of sp³-hybridized carbons (Fsp3) is 0.800. The molecule has 1 N–H and O–H groups in total. The first-order valence-electron chi connectivity index (χ1n) is 7.02. The van der Waals surface area contributed by atoms with Gasteiger partial charge in [-0.2, -0.15) is 0 Å². The summed E-state index contributed by atoms with van der Waals surface area (Å²) in [6, 6.07) is 0. The zero-order valence-corrected chi connectivity index (χ0v) is 11.7. The van der Waals surface area contributed by atoms with E-state index in [1.165, 1.54) is 12.8 Å². The third-order valence-electron chi connectivity index (χ3n) is 2.67. The highest BCUT2D eigenvalue weighted by Gasteiger charge is 2.16. The molecule has 0 aromatic heterocycles. The highest BCUT2D eigenvalue weighted by Crippen LogP contribution is 2.05. The summed E-state index contributed by atoms with van der Waals surface area (Å²) in [6.45, 7) is 4.63. The second-order valence-electron chi connectivity index (χ2n) is 4.40. The van der Waals surface area contributed by atoms with E-state index in [9.17, 15) is 4.79 Å². The molecule has 3 heteroatoms. The number of hydrogen-bond acceptors (Lipinski definition) is 2. The Bertz CT molecular complexity index is 263. The number of carboxylic acid groups (broad SMARTS) is 1. The predicted molar refractivity (Wildman–Crippen MR) is 73.4 cm³/mol. The molecule has 104 valence electrons. The van der Waals surface area contributed by atoms with Crippen LogP contribution in [0.1, 0.15) is 65.2 Å². The van der Waals surface area contributed by atoms with E-state index < -0.39 is 12.1 Å². The third kappa shape index (κ3) is 10.2. The van der Waals surface area contributed by atoms with E-state index in [0.717, 1.165) is 25.7 Å². The number of unbranched alkanes of at least 4 members (excludes halogenated alkanes) is 4. The second-order valence-corrected chi connectivity index (χ2v) is 4.40. The van der Waals surface area contributed by atoms with Crippen LogP contribution in [-0.4, -0.2) is 23.8 Å². The lowest BCUT2D eigenvalue weighted by Crippen LogP contribution is -2.24. The van der Waals surface area contributed by atoms with Crippen LogP contribution in [0.5, 0.6) is 0 Å². The molecule has 0 rings (SSSR count). The lowest BCUT2D eigenvalue weighted by molar-refractivity contribution is -0.150. The molecule has 0 saturated carbocycles. The SMILES string of the molecule is CCCCCC#CCCOC(CCCC)C(=O)O. The molecule has 18 heavy (non-hydrogen) atoms. The van der Waals surface area contributed by atoms with E-state index in [4.69, 9.17) is 9.84 Å². The number of rotatable bonds is 10. The molecule has 0 heterocycles. The van der Waals surface area contributed by atoms with Gasteiger partial charge < -0.3 is 9.84 Å². The molecular formula is C15H26O3. The first kappa shape index (κ1) is 17.0. The summed E-state index contributed by atoms with van der Waals surface area (Å²) in [7, 11) is 0. The van der Waals surface area contributed by atoms with Gasteiger partial charge in [0.05, 0.1) is 6.61 Å². The molecule has 0 amide bonds. The van der Waals surface area contributed by atoms with Gasteiger partial charge in [-0.1, -0.05) is 39.5 Å². The Hall–Kier alpha value is -1.01. The minimum absolute atomic E-state index is 0.418. The average molecular weight is 254 g/mol. The Morgan fingerprint density at radius 1 is 1.11 bits per heavy atom. The summed E-state index contributed by atoms with van der Waals surface area (Å²) < 4.78 is 5.33. The minimum atomic E-state index is -0.862. The van der Waals surface area contributed by atoms with Crippen LogP contribution in [0, 0.1) is 11.8 Å². The lowest BCUT2D eigenvalue weighted by atomic mass is 10.1. The number of carbonyl (C=O) groups is 1. The standard InChI is InChI=1S/C15H26O3/c1-3-5-7-8-9-10-11-13-18-14(15(16)17)12-6-4-2/h14H,3-8,11-13H2,1-2H3,(H,16,17). The van der Waals surface area contributed by atoms with Gasteiger partial charge in [0.15, 0.2) is 6.10 Å². The minimum Gasteiger partial charge on any atom is -0.479 e. The number of aliphatic carboxylic acids is 1. The lowest BCUT2D eigenvalue weighted by Gasteiger charge is -2.11. The summed E-state index contributed by atoms with van der Waals surface area (Å²) in [6.07, 6.45) is 6.96. The summed E-state index contributed by atoms with van der Waals surface area (Å²) in [5, 5.41) is 8.94. The highest BCUT2D eigenvalue weighted by atomic mass is 16.5. The molecular weight excluding hydrogens is 228 g/mol. The van der Waals surface area contributed by atoms with Crippen LogP contribution in [0.4, 0.5) is 0 Å². The second kappa shape index (κ2) is 12.4. The molecule has 0 saturated heterocycles. The van der Waals surface area contributed by atoms with Crippen molar-refractivity contribution in [3.8, 4) is 11.8 Å². The summed E-state index contributed by atoms with van der Waals surface area (Å²) in [4.78, 5) is 10.9. The van der Waals surface area contributed by atoms with Gasteiger partial charge in [-0.25, -0.2) is 4.79 Å². The molecule has 1 atom stereocenters. The maximum atomic E-state index is 10.9. The van der Waals surface area contributed by atoms with Crippen LogP contribution in [0.15, 0.2) is 0 Å². The Kier molecular flexibility index (Phi) is 11.7. The van der Waals surface area contributed by atoms with Crippen molar-refractivity contribution in [1.29, 1.82) is 0 Å². The largest absolute Gasteiger partial charge is 0.479 e. The number of hydrogen-bond donors (Lipinski definition) is 1. The van der Waals surface area contributed by atoms with Crippen LogP contribution in [0.25, 0.3) is 0 Å². The Morgan fingerprint density at radius 2 is 1.78 bits per heavy atom. The quantitative estimate of drug-likeness (QED) is 0.478. The Balaban J connectivity index is 3.62. The molecule has 0 radical (unpaired) electrons. The molecule has 3 nitrogen and oxygen atoms in total. The molecule has 0 aliphatic rings. The van der Waals surface area contributed by atoms with Gasteiger partial charge in [0.1, 0.15) is 0 Å². The van der Waals surface area contributed by atoms with E-state index in [0.29, 0.717) is 19.4 Å². The van der Waals surface area contributed by atoms with Gasteiger partial charge in [0.25, 0.3) is 0 Å². The molecule has 0 aromatic carbocycles. The van der Waals surface area contributed by atoms with Crippen molar-refractivity contribution < 1.29 is 14.6 Å². The first-order chi connectivity index (χ1) is 8.72. The van der Waals surface area contributed by atoms with Gasteiger partial charge in [0.2, 0.25) is 0 Å². The van der Waals surface area contributed by atoms with Crippen molar-refractivity contribution in [2.24, 2.45) is 0 Å². The van der Waals surface area contributed by atoms with Crippen molar-refractivity contribution in [1.82, 2.24) is 0 Å². The van der Waals surface area contributed by atoms with Crippen molar-refractivity contribution in [2.45, 2.75) is 71.3 Å². The van der Waals surface area contributed by atoms with E-state index in [1.807, 2.05) is 6.92 Å². The van der Waals surface area contributed by atoms with Gasteiger partial charge >= 0.3 is 5.97 Å². The Morgan fingerprint density at radius 3 is 2.39 bits per heavy atom. The fourth-order valence-corrected chi connectivity index (χ4v) is 1.56. The topological polar surface area (TPSA) is 46.5 Å². The smallest absolute Gasteiger partial charge is 0.332 e. The van der Waals surface area contributed by atoms with Crippen LogP contribution >= 0.6 is 0 Å². The highest BCUT2D eigenvalue weighted by molar-refractivity contribution is 5.72. The third-order valence-corrected chi connectivity index (χ3v) is 2.67. The monoisotopic (exact) mass is 254 g/mol. The number of ether oxygens (including phenoxy) is 1. The molecule has 0 bridgehead atoms. The van der Waals surface area contributed by atoms with Gasteiger partial charge in [-0.05, 0) is 12.8 Å². The first-order valence-corrected chi connectivity index (χ1v) is 7.02. The van der Waals surface area contributed by atoms with E-state index >= 15 is 0 Å². The molecule has 0 spiro atoms. The summed E-state index contributed by atoms with van der Waals surface area (Å²) >= 11 is 0. The molecule has 0 aliphatic carbocycles. The van der Waals surface area contributed by atoms with E-state index in [1.54, 1.807) is 0 Å². The van der Waals surface area contributed by atoms with Gasteiger partial charge in [-0.3, -0.25) is 0 Å². The molecule has 1 unspecified atom stereocenters. The van der Waals surface area contributed by atoms with Crippen molar-refractivity contribution in [3.05, 3.63) is 0 Å². The molecule has 0 aliphatic heterocycles. The van der Waals surface area contributed by atoms with Gasteiger partial charge in [0, 0.05) is 12.8 Å². The van der Waals surface area contributed by atoms with Crippen LogP contribution in [0.2, 0.25) is 0 Å². The maximum Gasteiger partial charge on any atom is 0.332 e. The van der Waals surface area contributed by atoms with Crippen LogP contribution in [-0.2, 0) is 9.53 Å². The van der Waals surface area contributed by atoms with Crippen molar-refractivity contribution >= 4 is 5.97 Å². The van der Waals surface area contributed by atoms with Crippen molar-refractivity contribution in [3.63, 3.8) is 0 Å². The zero-order chi connectivity index (χ0) is 13.6. The summed E-state index contributed by atoms with van der Waals surface area (Å²) in [5.41, 5.74) is 0. The van der Waals surface area contributed by atoms with E-state index in [-0.39, 0.29) is 0 Å². The fourth-order valence-electron chi connectivity index (χ4n) is 1.56. The molecule has 0 aromatic rings. The van der Waals surface area contributed by atoms with Crippen LogP contribution in [0.3, 0.4) is 0 Å². The zero-order valence-electron chi connectivity index (χ0n) is 11.7. The summed E-state index contributed by atoms with van der Waals surface area (Å²) in [5.74, 6) is 5.25.